The normalized spacial score (nSPS) is 9.70. The third-order valence-corrected chi connectivity index (χ3v) is 4.25. The number of benzene rings is 2. The lowest BCUT2D eigenvalue weighted by atomic mass is 10.2. The van der Waals surface area contributed by atoms with Gasteiger partial charge in [-0.1, -0.05) is 85.1 Å². The molecule has 8 heteroatoms. The van der Waals surface area contributed by atoms with Gasteiger partial charge in [0.1, 0.15) is 9.98 Å². The van der Waals surface area contributed by atoms with Gasteiger partial charge in [0.2, 0.25) is 0 Å². The molecule has 0 heterocycles. The Kier molecular flexibility index (Phi) is 7.27. The molecule has 0 aromatic heterocycles. The summed E-state index contributed by atoms with van der Waals surface area (Å²) in [5, 5.41) is 2.39. The molecule has 0 fully saturated rings. The monoisotopic (exact) mass is 402 g/mol. The first-order chi connectivity index (χ1) is 12.9. The van der Waals surface area contributed by atoms with Crippen molar-refractivity contribution in [3.8, 4) is 0 Å². The number of ether oxygens (including phenoxy) is 1. The fourth-order valence-electron chi connectivity index (χ4n) is 2.00. The van der Waals surface area contributed by atoms with Crippen molar-refractivity contribution in [1.29, 1.82) is 0 Å². The summed E-state index contributed by atoms with van der Waals surface area (Å²) in [5.74, 6) is -0.292. The van der Waals surface area contributed by atoms with Gasteiger partial charge in [0, 0.05) is 25.2 Å². The number of hydrogen-bond donors (Lipinski definition) is 0. The number of thiocarbonyl (C=S) groups is 2. The van der Waals surface area contributed by atoms with Crippen LogP contribution >= 0.6 is 24.4 Å². The van der Waals surface area contributed by atoms with Crippen molar-refractivity contribution in [2.75, 3.05) is 14.1 Å². The number of carbonyl (C=O) groups excluding carboxylic acids is 1. The van der Waals surface area contributed by atoms with Crippen molar-refractivity contribution in [1.82, 2.24) is 10.1 Å². The Morgan fingerprint density at radius 3 is 1.67 bits per heavy atom. The highest BCUT2D eigenvalue weighted by Crippen LogP contribution is 2.10. The maximum Gasteiger partial charge on any atom is 0.541 e. The van der Waals surface area contributed by atoms with Crippen molar-refractivity contribution < 1.29 is 19.2 Å². The van der Waals surface area contributed by atoms with Gasteiger partial charge in [-0.05, 0) is 6.58 Å². The lowest BCUT2D eigenvalue weighted by Gasteiger charge is -2.21. The highest BCUT2D eigenvalue weighted by atomic mass is 32.1. The molecule has 0 aliphatic carbocycles. The second-order valence-electron chi connectivity index (χ2n) is 5.24. The van der Waals surface area contributed by atoms with E-state index in [0.29, 0.717) is 9.98 Å². The van der Waals surface area contributed by atoms with Gasteiger partial charge in [0.05, 0.1) is 0 Å². The van der Waals surface area contributed by atoms with E-state index < -0.39 is 6.16 Å². The van der Waals surface area contributed by atoms with Gasteiger partial charge < -0.3 is 14.4 Å². The molecule has 0 unspecified atom stereocenters. The Morgan fingerprint density at radius 1 is 0.815 bits per heavy atom. The maximum atomic E-state index is 11.9. The van der Waals surface area contributed by atoms with Crippen LogP contribution in [0.15, 0.2) is 73.2 Å². The number of hydroxylamine groups is 4. The summed E-state index contributed by atoms with van der Waals surface area (Å²) in [6.45, 7) is 3.52. The number of carbonyl (C=O) groups is 1. The molecule has 140 valence electrons. The Labute approximate surface area is 168 Å². The highest BCUT2D eigenvalue weighted by Gasteiger charge is 2.17. The molecule has 0 radical (unpaired) electrons. The predicted octanol–water partition coefficient (Wildman–Crippen LogP) is 4.07. The van der Waals surface area contributed by atoms with Crippen LogP contribution in [0.1, 0.15) is 11.1 Å². The Bertz CT molecular complexity index is 759. The van der Waals surface area contributed by atoms with Crippen LogP contribution in [0.25, 0.3) is 0 Å². The van der Waals surface area contributed by atoms with E-state index in [1.54, 1.807) is 19.2 Å². The largest absolute Gasteiger partial charge is 0.541 e. The average Bonchev–Trinajstić information content (AvgIpc) is 2.67. The summed E-state index contributed by atoms with van der Waals surface area (Å²) >= 11 is 10.5. The lowest BCUT2D eigenvalue weighted by Crippen LogP contribution is -2.30. The molecule has 27 heavy (non-hydrogen) atoms. The van der Waals surface area contributed by atoms with Crippen molar-refractivity contribution in [3.63, 3.8) is 0 Å². The van der Waals surface area contributed by atoms with Gasteiger partial charge in [-0.3, -0.25) is 0 Å². The molecule has 6 nitrogen and oxygen atoms in total. The zero-order valence-corrected chi connectivity index (χ0v) is 16.5. The van der Waals surface area contributed by atoms with E-state index in [4.69, 9.17) is 38.8 Å². The topological polar surface area (TPSA) is 51.2 Å². The lowest BCUT2D eigenvalue weighted by molar-refractivity contribution is -0.112. The smallest absolute Gasteiger partial charge is 0.358 e. The van der Waals surface area contributed by atoms with Crippen LogP contribution in [0.2, 0.25) is 0 Å². The Hall–Kier alpha value is -2.97. The zero-order chi connectivity index (χ0) is 19.8. The summed E-state index contributed by atoms with van der Waals surface area (Å²) in [6, 6.07) is 18.4. The van der Waals surface area contributed by atoms with Crippen LogP contribution in [0.3, 0.4) is 0 Å². The molecule has 0 N–H and O–H groups in total. The average molecular weight is 402 g/mol. The molecule has 2 aromatic carbocycles. The summed E-state index contributed by atoms with van der Waals surface area (Å²) in [4.78, 5) is 22.9. The maximum absolute atomic E-state index is 11.9. The van der Waals surface area contributed by atoms with Gasteiger partial charge in [0.25, 0.3) is 0 Å². The fraction of sp³-hybridized carbons (Fsp3) is 0.105. The van der Waals surface area contributed by atoms with Crippen LogP contribution in [0.4, 0.5) is 4.79 Å². The van der Waals surface area contributed by atoms with Crippen LogP contribution in [0.5, 0.6) is 0 Å². The van der Waals surface area contributed by atoms with E-state index in [2.05, 4.69) is 6.58 Å². The molecule has 2 aromatic rings. The second kappa shape index (κ2) is 9.65. The Morgan fingerprint density at radius 2 is 1.22 bits per heavy atom. The van der Waals surface area contributed by atoms with Gasteiger partial charge in [-0.15, -0.1) is 0 Å². The van der Waals surface area contributed by atoms with Crippen LogP contribution in [-0.2, 0) is 14.4 Å². The van der Waals surface area contributed by atoms with Crippen molar-refractivity contribution in [3.05, 3.63) is 84.3 Å². The first kappa shape index (κ1) is 20.3. The van der Waals surface area contributed by atoms with E-state index in [9.17, 15) is 4.79 Å². The van der Waals surface area contributed by atoms with E-state index >= 15 is 0 Å². The second-order valence-corrected chi connectivity index (χ2v) is 6.02. The summed E-state index contributed by atoms with van der Waals surface area (Å²) in [6.07, 6.45) is -1.04. The van der Waals surface area contributed by atoms with Crippen molar-refractivity contribution in [2.24, 2.45) is 0 Å². The molecule has 0 aliphatic heterocycles. The summed E-state index contributed by atoms with van der Waals surface area (Å²) in [5.41, 5.74) is 1.50. The van der Waals surface area contributed by atoms with Crippen LogP contribution in [0, 0.1) is 0 Å². The van der Waals surface area contributed by atoms with Gasteiger partial charge in [-0.25, -0.2) is 4.79 Å². The van der Waals surface area contributed by atoms with Crippen LogP contribution in [-0.4, -0.2) is 40.4 Å². The van der Waals surface area contributed by atoms with E-state index in [0.717, 1.165) is 16.2 Å². The van der Waals surface area contributed by atoms with E-state index in [1.165, 1.54) is 12.1 Å². The molecule has 0 atom stereocenters. The molecular weight excluding hydrogens is 384 g/mol. The fourth-order valence-corrected chi connectivity index (χ4v) is 2.35. The molecule has 0 aliphatic rings. The minimum absolute atomic E-state index is 0.292. The zero-order valence-electron chi connectivity index (χ0n) is 14.8. The van der Waals surface area contributed by atoms with Crippen LogP contribution < -0.4 is 0 Å². The minimum atomic E-state index is -1.04. The summed E-state index contributed by atoms with van der Waals surface area (Å²) in [7, 11) is 3.07. The third-order valence-electron chi connectivity index (χ3n) is 3.26. The molecular formula is C19H18N2O4S2. The first-order valence-corrected chi connectivity index (χ1v) is 8.63. The number of rotatable bonds is 5. The molecule has 0 spiro atoms. The molecule has 0 bridgehead atoms. The first-order valence-electron chi connectivity index (χ1n) is 7.81. The molecule has 0 saturated heterocycles. The SMILES string of the molecule is C=C(OC(=O)ON(C)C(=S)c1ccccc1)ON(C)C(=S)c1ccccc1. The Balaban J connectivity index is 1.83. The standard InChI is InChI=1S/C19H18N2O4S2/c1-14(24-20(2)17(26)15-10-6-4-7-11-15)23-19(22)25-21(3)18(27)16-12-8-5-9-13-16/h4-13H,1H2,2-3H3. The van der Waals surface area contributed by atoms with E-state index in [1.807, 2.05) is 48.5 Å². The number of hydrogen-bond acceptors (Lipinski definition) is 6. The van der Waals surface area contributed by atoms with E-state index in [-0.39, 0.29) is 5.95 Å². The van der Waals surface area contributed by atoms with Crippen molar-refractivity contribution in [2.45, 2.75) is 0 Å². The third kappa shape index (κ3) is 6.05. The van der Waals surface area contributed by atoms with Gasteiger partial charge >= 0.3 is 12.1 Å². The number of nitrogens with zero attached hydrogens (tertiary/aromatic N) is 2. The minimum Gasteiger partial charge on any atom is -0.358 e. The quantitative estimate of drug-likeness (QED) is 0.321. The molecule has 0 amide bonds. The van der Waals surface area contributed by atoms with Crippen molar-refractivity contribution >= 4 is 40.6 Å². The predicted molar refractivity (Wildman–Crippen MR) is 110 cm³/mol. The summed E-state index contributed by atoms with van der Waals surface area (Å²) < 4.78 is 4.88. The molecule has 2 rings (SSSR count). The molecule has 0 saturated carbocycles. The highest BCUT2D eigenvalue weighted by molar-refractivity contribution is 7.80. The van der Waals surface area contributed by atoms with Gasteiger partial charge in [0.15, 0.2) is 0 Å². The van der Waals surface area contributed by atoms with Gasteiger partial charge in [-0.2, -0.15) is 10.1 Å².